The maximum absolute atomic E-state index is 11.2. The minimum atomic E-state index is -1.55. The Balaban J connectivity index is 1.77. The molecule has 3 rings (SSSR count). The number of allylic oxidation sites excluding steroid dienone is 1. The fourth-order valence-corrected chi connectivity index (χ4v) is 3.92. The van der Waals surface area contributed by atoms with E-state index in [9.17, 15) is 30.3 Å². The molecule has 0 spiro atoms. The largest absolute Gasteiger partial charge is 0.472 e. The maximum Gasteiger partial charge on any atom is 0.205 e. The lowest BCUT2D eigenvalue weighted by Crippen LogP contribution is -2.60. The molecule has 25 heavy (non-hydrogen) atoms. The molecule has 0 aromatic heterocycles. The minimum Gasteiger partial charge on any atom is -0.472 e. The van der Waals surface area contributed by atoms with Crippen LogP contribution in [0.15, 0.2) is 11.8 Å². The third-order valence-corrected chi connectivity index (χ3v) is 5.51. The van der Waals surface area contributed by atoms with Crippen LogP contribution in [0.2, 0.25) is 0 Å². The van der Waals surface area contributed by atoms with Gasteiger partial charge in [0.1, 0.15) is 30.7 Å². The van der Waals surface area contributed by atoms with E-state index in [4.69, 9.17) is 14.2 Å². The lowest BCUT2D eigenvalue weighted by Gasteiger charge is -2.43. The van der Waals surface area contributed by atoms with Crippen molar-refractivity contribution < 1.29 is 44.5 Å². The minimum absolute atomic E-state index is 0.219. The van der Waals surface area contributed by atoms with Crippen LogP contribution in [0.4, 0.5) is 0 Å². The first-order valence-electron chi connectivity index (χ1n) is 8.33. The molecular weight excluding hydrogens is 336 g/mol. The number of rotatable bonds is 4. The number of hydrogen-bond acceptors (Lipinski definition) is 9. The average molecular weight is 360 g/mol. The van der Waals surface area contributed by atoms with Gasteiger partial charge in [-0.15, -0.1) is 0 Å². The van der Waals surface area contributed by atoms with Gasteiger partial charge in [-0.25, -0.2) is 0 Å². The summed E-state index contributed by atoms with van der Waals surface area (Å²) in [6.45, 7) is 1.25. The summed E-state index contributed by atoms with van der Waals surface area (Å²) >= 11 is 0. The fourth-order valence-electron chi connectivity index (χ4n) is 3.92. The average Bonchev–Trinajstić information content (AvgIpc) is 2.91. The quantitative estimate of drug-likeness (QED) is 0.355. The zero-order valence-corrected chi connectivity index (χ0v) is 13.7. The second-order valence-corrected chi connectivity index (χ2v) is 6.92. The van der Waals surface area contributed by atoms with Crippen LogP contribution in [0.5, 0.6) is 0 Å². The van der Waals surface area contributed by atoms with Gasteiger partial charge in [-0.2, -0.15) is 0 Å². The van der Waals surface area contributed by atoms with E-state index in [0.717, 1.165) is 0 Å². The normalized spacial score (nSPS) is 49.9. The van der Waals surface area contributed by atoms with Crippen molar-refractivity contribution >= 4 is 6.29 Å². The van der Waals surface area contributed by atoms with Crippen LogP contribution in [0.25, 0.3) is 0 Å². The molecule has 9 heteroatoms. The van der Waals surface area contributed by atoms with Crippen LogP contribution in [0.1, 0.15) is 13.3 Å². The molecule has 2 heterocycles. The summed E-state index contributed by atoms with van der Waals surface area (Å²) in [6, 6.07) is 0. The summed E-state index contributed by atoms with van der Waals surface area (Å²) in [7, 11) is 0. The molecule has 142 valence electrons. The van der Waals surface area contributed by atoms with E-state index in [1.165, 1.54) is 6.26 Å². The number of carbonyl (C=O) groups is 1. The topological polar surface area (TPSA) is 146 Å². The van der Waals surface area contributed by atoms with Crippen LogP contribution >= 0.6 is 0 Å². The Hall–Kier alpha value is -1.07. The number of aliphatic hydroxyl groups is 5. The Kier molecular flexibility index (Phi) is 5.45. The molecular formula is C16H24O9. The maximum atomic E-state index is 11.2. The summed E-state index contributed by atoms with van der Waals surface area (Å²) in [4.78, 5) is 11.2. The Morgan fingerprint density at radius 2 is 1.92 bits per heavy atom. The second-order valence-electron chi connectivity index (χ2n) is 6.92. The SMILES string of the molecule is CC1C(O)CC2C(C=O)=COC(OC3OC(CO)C(O)C(O)C3O)C21. The number of hydrogen-bond donors (Lipinski definition) is 5. The van der Waals surface area contributed by atoms with Gasteiger partial charge in [0.2, 0.25) is 6.29 Å². The Bertz CT molecular complexity index is 522. The van der Waals surface area contributed by atoms with Crippen LogP contribution in [0, 0.1) is 17.8 Å². The Morgan fingerprint density at radius 1 is 1.20 bits per heavy atom. The van der Waals surface area contributed by atoms with Crippen molar-refractivity contribution in [2.75, 3.05) is 6.61 Å². The van der Waals surface area contributed by atoms with Crippen molar-refractivity contribution in [3.8, 4) is 0 Å². The predicted octanol–water partition coefficient (Wildman–Crippen LogP) is -2.12. The van der Waals surface area contributed by atoms with Crippen molar-refractivity contribution in [2.45, 2.75) is 56.4 Å². The summed E-state index contributed by atoms with van der Waals surface area (Å²) < 4.78 is 16.5. The molecule has 9 nitrogen and oxygen atoms in total. The number of fused-ring (bicyclic) bond motifs is 1. The number of aldehydes is 1. The molecule has 0 bridgehead atoms. The van der Waals surface area contributed by atoms with Crippen LogP contribution in [-0.4, -0.2) is 81.5 Å². The molecule has 1 saturated heterocycles. The van der Waals surface area contributed by atoms with Gasteiger partial charge in [0, 0.05) is 17.4 Å². The molecule has 1 saturated carbocycles. The number of aliphatic hydroxyl groups excluding tert-OH is 5. The molecule has 1 aliphatic carbocycles. The predicted molar refractivity (Wildman–Crippen MR) is 80.6 cm³/mol. The van der Waals surface area contributed by atoms with Crippen LogP contribution in [0.3, 0.4) is 0 Å². The highest BCUT2D eigenvalue weighted by molar-refractivity contribution is 5.74. The summed E-state index contributed by atoms with van der Waals surface area (Å²) in [5.74, 6) is -0.803. The summed E-state index contributed by atoms with van der Waals surface area (Å²) in [5, 5.41) is 49.1. The van der Waals surface area contributed by atoms with Crippen molar-refractivity contribution in [3.63, 3.8) is 0 Å². The van der Waals surface area contributed by atoms with Crippen LogP contribution in [-0.2, 0) is 19.0 Å². The van der Waals surface area contributed by atoms with E-state index in [0.29, 0.717) is 18.3 Å². The van der Waals surface area contributed by atoms with E-state index >= 15 is 0 Å². The molecule has 10 atom stereocenters. The molecule has 2 fully saturated rings. The molecule has 0 aromatic rings. The third-order valence-electron chi connectivity index (χ3n) is 5.51. The van der Waals surface area contributed by atoms with Gasteiger partial charge in [0.05, 0.1) is 19.0 Å². The number of carbonyl (C=O) groups excluding carboxylic acids is 1. The standard InChI is InChI=1S/C16H24O9/c1-6-9(19)2-8-7(3-17)5-23-15(11(6)8)25-16-14(22)13(21)12(20)10(4-18)24-16/h3,5-6,8-16,18-22H,2,4H2,1H3. The second kappa shape index (κ2) is 7.28. The molecule has 0 aromatic carbocycles. The first kappa shape index (κ1) is 18.7. The van der Waals surface area contributed by atoms with E-state index in [-0.39, 0.29) is 17.8 Å². The van der Waals surface area contributed by atoms with Crippen molar-refractivity contribution in [3.05, 3.63) is 11.8 Å². The van der Waals surface area contributed by atoms with Crippen LogP contribution < -0.4 is 0 Å². The molecule has 3 aliphatic rings. The van der Waals surface area contributed by atoms with E-state index in [1.54, 1.807) is 0 Å². The lowest BCUT2D eigenvalue weighted by molar-refractivity contribution is -0.342. The monoisotopic (exact) mass is 360 g/mol. The highest BCUT2D eigenvalue weighted by atomic mass is 16.8. The molecule has 10 unspecified atom stereocenters. The van der Waals surface area contributed by atoms with Crippen molar-refractivity contribution in [2.24, 2.45) is 17.8 Å². The zero-order chi connectivity index (χ0) is 18.3. The lowest BCUT2D eigenvalue weighted by atomic mass is 9.84. The van der Waals surface area contributed by atoms with Gasteiger partial charge >= 0.3 is 0 Å². The van der Waals surface area contributed by atoms with Gasteiger partial charge in [0.25, 0.3) is 0 Å². The molecule has 0 amide bonds. The first-order chi connectivity index (χ1) is 11.9. The van der Waals surface area contributed by atoms with Gasteiger partial charge in [-0.3, -0.25) is 4.79 Å². The summed E-state index contributed by atoms with van der Waals surface area (Å²) in [5.41, 5.74) is 0.432. The van der Waals surface area contributed by atoms with E-state index < -0.39 is 49.7 Å². The first-order valence-corrected chi connectivity index (χ1v) is 8.33. The van der Waals surface area contributed by atoms with Crippen molar-refractivity contribution in [1.82, 2.24) is 0 Å². The van der Waals surface area contributed by atoms with Gasteiger partial charge in [-0.1, -0.05) is 6.92 Å². The zero-order valence-electron chi connectivity index (χ0n) is 13.7. The third kappa shape index (κ3) is 3.21. The van der Waals surface area contributed by atoms with Gasteiger partial charge < -0.3 is 39.7 Å². The molecule has 2 aliphatic heterocycles. The number of ether oxygens (including phenoxy) is 3. The smallest absolute Gasteiger partial charge is 0.205 e. The van der Waals surface area contributed by atoms with E-state index in [2.05, 4.69) is 0 Å². The summed E-state index contributed by atoms with van der Waals surface area (Å²) in [6.07, 6.45) is -6.18. The highest BCUT2D eigenvalue weighted by Crippen LogP contribution is 2.46. The van der Waals surface area contributed by atoms with Gasteiger partial charge in [0.15, 0.2) is 6.29 Å². The Labute approximate surface area is 144 Å². The molecule has 5 N–H and O–H groups in total. The molecule has 0 radical (unpaired) electrons. The fraction of sp³-hybridized carbons (Fsp3) is 0.812. The Morgan fingerprint density at radius 3 is 2.56 bits per heavy atom. The highest BCUT2D eigenvalue weighted by Gasteiger charge is 2.52. The van der Waals surface area contributed by atoms with E-state index in [1.807, 2.05) is 6.92 Å². The van der Waals surface area contributed by atoms with Crippen molar-refractivity contribution in [1.29, 1.82) is 0 Å². The van der Waals surface area contributed by atoms with Gasteiger partial charge in [-0.05, 0) is 12.3 Å².